The predicted octanol–water partition coefficient (Wildman–Crippen LogP) is 4.72. The van der Waals surface area contributed by atoms with Gasteiger partial charge >= 0.3 is 0 Å². The number of benzene rings is 2. The number of rotatable bonds is 6. The third-order valence-electron chi connectivity index (χ3n) is 4.51. The van der Waals surface area contributed by atoms with Crippen LogP contribution < -0.4 is 5.32 Å². The van der Waals surface area contributed by atoms with Crippen LogP contribution in [-0.4, -0.2) is 31.8 Å². The lowest BCUT2D eigenvalue weighted by Gasteiger charge is -2.18. The maximum atomic E-state index is 12.2. The Morgan fingerprint density at radius 1 is 1.20 bits per heavy atom. The lowest BCUT2D eigenvalue weighted by Crippen LogP contribution is -2.14. The summed E-state index contributed by atoms with van der Waals surface area (Å²) in [6, 6.07) is 12.7. The van der Waals surface area contributed by atoms with E-state index < -0.39 is 4.92 Å². The molecule has 1 heterocycles. The number of carbonyl (C=O) groups is 1. The van der Waals surface area contributed by atoms with Gasteiger partial charge < -0.3 is 5.32 Å². The molecule has 0 unspecified atom stereocenters. The molecule has 0 spiro atoms. The Morgan fingerprint density at radius 3 is 2.53 bits per heavy atom. The van der Waals surface area contributed by atoms with Crippen molar-refractivity contribution in [3.05, 3.63) is 63.7 Å². The first-order chi connectivity index (χ1) is 14.1. The number of H-pyrrole nitrogens is 1. The monoisotopic (exact) mass is 425 g/mol. The fraction of sp³-hybridized carbons (Fsp3) is 0.286. The van der Waals surface area contributed by atoms with Crippen molar-refractivity contribution in [1.82, 2.24) is 15.2 Å². The van der Waals surface area contributed by atoms with E-state index in [4.69, 9.17) is 0 Å². The number of nitro groups is 1. The fourth-order valence-corrected chi connectivity index (χ4v) is 3.38. The first-order valence-corrected chi connectivity index (χ1v) is 10.3. The maximum Gasteiger partial charge on any atom is 0.274 e. The second-order valence-electron chi connectivity index (χ2n) is 7.89. The van der Waals surface area contributed by atoms with Crippen LogP contribution in [0.25, 0.3) is 11.4 Å². The van der Waals surface area contributed by atoms with E-state index in [0.717, 1.165) is 5.56 Å². The number of nitrogens with one attached hydrogen (secondary N) is 2. The second-order valence-corrected chi connectivity index (χ2v) is 8.83. The van der Waals surface area contributed by atoms with Gasteiger partial charge in [-0.25, -0.2) is 4.98 Å². The molecule has 0 aliphatic heterocycles. The minimum absolute atomic E-state index is 0.0310. The molecule has 3 rings (SSSR count). The van der Waals surface area contributed by atoms with Crippen LogP contribution in [0, 0.1) is 17.0 Å². The minimum atomic E-state index is -0.469. The molecule has 1 amide bonds. The molecule has 0 aliphatic carbocycles. The Hall–Kier alpha value is -3.20. The van der Waals surface area contributed by atoms with Crippen LogP contribution in [-0.2, 0) is 10.2 Å². The van der Waals surface area contributed by atoms with E-state index in [9.17, 15) is 14.9 Å². The second kappa shape index (κ2) is 8.66. The van der Waals surface area contributed by atoms with Gasteiger partial charge in [-0.05, 0) is 24.0 Å². The van der Waals surface area contributed by atoms with E-state index in [1.54, 1.807) is 19.1 Å². The molecule has 0 saturated heterocycles. The van der Waals surface area contributed by atoms with Crippen LogP contribution in [0.5, 0.6) is 0 Å². The molecule has 0 atom stereocenters. The molecule has 0 fully saturated rings. The number of carbonyl (C=O) groups excluding carboxylic acids is 1. The Morgan fingerprint density at radius 2 is 1.90 bits per heavy atom. The third kappa shape index (κ3) is 5.24. The summed E-state index contributed by atoms with van der Waals surface area (Å²) in [5, 5.41) is 21.2. The van der Waals surface area contributed by atoms with Gasteiger partial charge in [0.2, 0.25) is 11.1 Å². The first kappa shape index (κ1) is 21.5. The van der Waals surface area contributed by atoms with Crippen molar-refractivity contribution in [3.8, 4) is 11.4 Å². The number of aromatic nitrogens is 3. The standard InChI is InChI=1S/C21H23N5O3S/c1-13-5-10-16(11-17(13)26(28)29)22-18(27)12-30-20-23-19(24-25-20)14-6-8-15(9-7-14)21(2,3)4/h5-11H,12H2,1-4H3,(H,22,27)(H,23,24,25). The predicted molar refractivity (Wildman–Crippen MR) is 118 cm³/mol. The van der Waals surface area contributed by atoms with Gasteiger partial charge in [0, 0.05) is 22.9 Å². The molecular weight excluding hydrogens is 402 g/mol. The summed E-state index contributed by atoms with van der Waals surface area (Å²) in [5.74, 6) is 0.425. The summed E-state index contributed by atoms with van der Waals surface area (Å²) in [4.78, 5) is 27.2. The molecule has 0 radical (unpaired) electrons. The van der Waals surface area contributed by atoms with Crippen molar-refractivity contribution in [2.75, 3.05) is 11.1 Å². The van der Waals surface area contributed by atoms with Gasteiger partial charge in [-0.15, -0.1) is 5.10 Å². The van der Waals surface area contributed by atoms with Gasteiger partial charge in [-0.1, -0.05) is 62.9 Å². The van der Waals surface area contributed by atoms with E-state index >= 15 is 0 Å². The number of nitro benzene ring substituents is 1. The molecule has 9 heteroatoms. The number of thioether (sulfide) groups is 1. The number of amides is 1. The average Bonchev–Trinajstić information content (AvgIpc) is 3.16. The van der Waals surface area contributed by atoms with E-state index in [1.807, 2.05) is 12.1 Å². The van der Waals surface area contributed by atoms with Crippen molar-refractivity contribution in [3.63, 3.8) is 0 Å². The lowest BCUT2D eigenvalue weighted by molar-refractivity contribution is -0.385. The van der Waals surface area contributed by atoms with Crippen LogP contribution >= 0.6 is 11.8 Å². The van der Waals surface area contributed by atoms with E-state index in [0.29, 0.717) is 22.2 Å². The highest BCUT2D eigenvalue weighted by atomic mass is 32.2. The summed E-state index contributed by atoms with van der Waals surface area (Å²) < 4.78 is 0. The van der Waals surface area contributed by atoms with Gasteiger partial charge in [0.05, 0.1) is 10.7 Å². The fourth-order valence-electron chi connectivity index (χ4n) is 2.78. The van der Waals surface area contributed by atoms with Crippen molar-refractivity contribution in [1.29, 1.82) is 0 Å². The number of aryl methyl sites for hydroxylation is 1. The van der Waals surface area contributed by atoms with Crippen LogP contribution in [0.15, 0.2) is 47.6 Å². The molecule has 0 aliphatic rings. The average molecular weight is 426 g/mol. The summed E-state index contributed by atoms with van der Waals surface area (Å²) in [6.45, 7) is 8.12. The molecule has 30 heavy (non-hydrogen) atoms. The van der Waals surface area contributed by atoms with Crippen LogP contribution in [0.2, 0.25) is 0 Å². The summed E-state index contributed by atoms with van der Waals surface area (Å²) in [6.07, 6.45) is 0. The van der Waals surface area contributed by atoms with E-state index in [-0.39, 0.29) is 22.8 Å². The molecule has 2 N–H and O–H groups in total. The van der Waals surface area contributed by atoms with Crippen molar-refractivity contribution in [2.24, 2.45) is 0 Å². The largest absolute Gasteiger partial charge is 0.325 e. The molecule has 0 bridgehead atoms. The summed E-state index contributed by atoms with van der Waals surface area (Å²) in [7, 11) is 0. The van der Waals surface area contributed by atoms with Gasteiger partial charge in [0.1, 0.15) is 0 Å². The van der Waals surface area contributed by atoms with Crippen LogP contribution in [0.4, 0.5) is 11.4 Å². The number of hydrogen-bond acceptors (Lipinski definition) is 6. The van der Waals surface area contributed by atoms with Gasteiger partial charge in [0.15, 0.2) is 5.82 Å². The highest BCUT2D eigenvalue weighted by molar-refractivity contribution is 7.99. The molecule has 3 aromatic rings. The molecule has 2 aromatic carbocycles. The van der Waals surface area contributed by atoms with Crippen molar-refractivity contribution < 1.29 is 9.72 Å². The zero-order valence-electron chi connectivity index (χ0n) is 17.2. The summed E-state index contributed by atoms with van der Waals surface area (Å²) in [5.41, 5.74) is 3.11. The minimum Gasteiger partial charge on any atom is -0.325 e. The molecule has 1 aromatic heterocycles. The number of anilines is 1. The zero-order valence-corrected chi connectivity index (χ0v) is 18.0. The van der Waals surface area contributed by atoms with Crippen LogP contribution in [0.3, 0.4) is 0 Å². The van der Waals surface area contributed by atoms with E-state index in [1.165, 1.54) is 23.4 Å². The third-order valence-corrected chi connectivity index (χ3v) is 5.36. The quantitative estimate of drug-likeness (QED) is 0.336. The topological polar surface area (TPSA) is 114 Å². The van der Waals surface area contributed by atoms with Gasteiger partial charge in [-0.2, -0.15) is 0 Å². The highest BCUT2D eigenvalue weighted by Crippen LogP contribution is 2.26. The Kier molecular flexibility index (Phi) is 6.21. The molecule has 0 saturated carbocycles. The lowest BCUT2D eigenvalue weighted by atomic mass is 9.87. The zero-order chi connectivity index (χ0) is 21.9. The molecule has 156 valence electrons. The van der Waals surface area contributed by atoms with Crippen molar-refractivity contribution in [2.45, 2.75) is 38.3 Å². The van der Waals surface area contributed by atoms with Crippen molar-refractivity contribution >= 4 is 29.0 Å². The number of aromatic amines is 1. The SMILES string of the molecule is Cc1ccc(NC(=O)CSc2n[nH]c(-c3ccc(C(C)(C)C)cc3)n2)cc1[N+](=O)[O-]. The molecular formula is C21H23N5O3S. The smallest absolute Gasteiger partial charge is 0.274 e. The Bertz CT molecular complexity index is 1070. The van der Waals surface area contributed by atoms with E-state index in [2.05, 4.69) is 53.4 Å². The van der Waals surface area contributed by atoms with Gasteiger partial charge in [-0.3, -0.25) is 20.0 Å². The highest BCUT2D eigenvalue weighted by Gasteiger charge is 2.15. The Labute approximate surface area is 178 Å². The maximum absolute atomic E-state index is 12.2. The first-order valence-electron chi connectivity index (χ1n) is 9.34. The van der Waals surface area contributed by atoms with Crippen LogP contribution in [0.1, 0.15) is 31.9 Å². The summed E-state index contributed by atoms with van der Waals surface area (Å²) >= 11 is 1.18. The Balaban J connectivity index is 1.59. The molecule has 8 nitrogen and oxygen atoms in total. The normalized spacial score (nSPS) is 11.3. The number of hydrogen-bond donors (Lipinski definition) is 2. The number of nitrogens with zero attached hydrogens (tertiary/aromatic N) is 3. The van der Waals surface area contributed by atoms with Gasteiger partial charge in [0.25, 0.3) is 5.69 Å².